The van der Waals surface area contributed by atoms with E-state index in [4.69, 9.17) is 4.74 Å². The van der Waals surface area contributed by atoms with Crippen molar-refractivity contribution in [2.45, 2.75) is 86.5 Å². The number of carbonyl (C=O) groups is 3. The molecular formula is C34H46N2O4. The van der Waals surface area contributed by atoms with Crippen molar-refractivity contribution < 1.29 is 19.1 Å². The molecule has 1 unspecified atom stereocenters. The maximum atomic E-state index is 14.6. The zero-order valence-electron chi connectivity index (χ0n) is 25.3. The average Bonchev–Trinajstić information content (AvgIpc) is 2.92. The van der Waals surface area contributed by atoms with Gasteiger partial charge in [0.2, 0.25) is 5.91 Å². The number of nitrogens with zero attached hydrogens (tertiary/aromatic N) is 2. The molecule has 3 saturated carbocycles. The molecule has 8 atom stereocenters. The number of ketones is 2. The van der Waals surface area contributed by atoms with E-state index in [9.17, 15) is 19.6 Å². The molecule has 5 aliphatic carbocycles. The molecule has 6 aliphatic rings. The van der Waals surface area contributed by atoms with Crippen LogP contribution in [0.15, 0.2) is 23.3 Å². The topological polar surface area (TPSA) is 87.5 Å². The van der Waals surface area contributed by atoms with Crippen molar-refractivity contribution >= 4 is 17.5 Å². The van der Waals surface area contributed by atoms with Gasteiger partial charge in [0, 0.05) is 30.3 Å². The zero-order chi connectivity index (χ0) is 28.9. The van der Waals surface area contributed by atoms with E-state index in [1.54, 1.807) is 0 Å². The molecule has 0 aromatic carbocycles. The van der Waals surface area contributed by atoms with Crippen molar-refractivity contribution in [1.29, 1.82) is 5.26 Å². The van der Waals surface area contributed by atoms with Crippen molar-refractivity contribution in [2.24, 2.45) is 50.7 Å². The molecule has 6 heteroatoms. The minimum atomic E-state index is -0.501. The molecule has 1 aliphatic heterocycles. The third-order valence-electron chi connectivity index (χ3n) is 13.2. The largest absolute Gasteiger partial charge is 0.378 e. The second-order valence-electron chi connectivity index (χ2n) is 15.5. The summed E-state index contributed by atoms with van der Waals surface area (Å²) in [4.78, 5) is 44.0. The van der Waals surface area contributed by atoms with Crippen LogP contribution in [0.4, 0.5) is 0 Å². The first-order valence-electron chi connectivity index (χ1n) is 15.5. The van der Waals surface area contributed by atoms with Gasteiger partial charge in [-0.05, 0) is 79.1 Å². The highest BCUT2D eigenvalue weighted by molar-refractivity contribution is 6.02. The number of ether oxygens (including phenoxy) is 1. The summed E-state index contributed by atoms with van der Waals surface area (Å²) in [6.45, 7) is 15.9. The number of morpholine rings is 1. The van der Waals surface area contributed by atoms with Gasteiger partial charge in [-0.15, -0.1) is 0 Å². The van der Waals surface area contributed by atoms with E-state index < -0.39 is 10.8 Å². The number of allylic oxidation sites excluding steroid dienone is 4. The lowest BCUT2D eigenvalue weighted by atomic mass is 9.34. The van der Waals surface area contributed by atoms with Crippen LogP contribution in [0.25, 0.3) is 0 Å². The Hall–Kier alpha value is -2.26. The van der Waals surface area contributed by atoms with E-state index in [1.807, 2.05) is 24.0 Å². The Kier molecular flexibility index (Phi) is 6.18. The normalized spacial score (nSPS) is 46.1. The predicted molar refractivity (Wildman–Crippen MR) is 152 cm³/mol. The highest BCUT2D eigenvalue weighted by Crippen LogP contribution is 2.74. The first-order valence-corrected chi connectivity index (χ1v) is 15.5. The van der Waals surface area contributed by atoms with Gasteiger partial charge < -0.3 is 9.64 Å². The molecule has 1 heterocycles. The lowest BCUT2D eigenvalue weighted by Gasteiger charge is -2.68. The number of amides is 1. The van der Waals surface area contributed by atoms with Crippen LogP contribution < -0.4 is 0 Å². The Morgan fingerprint density at radius 3 is 2.35 bits per heavy atom. The van der Waals surface area contributed by atoms with E-state index >= 15 is 0 Å². The number of rotatable bonds is 1. The van der Waals surface area contributed by atoms with Crippen LogP contribution in [0, 0.1) is 62.1 Å². The van der Waals surface area contributed by atoms with E-state index in [-0.39, 0.29) is 63.0 Å². The number of hydrogen-bond acceptors (Lipinski definition) is 5. The minimum Gasteiger partial charge on any atom is -0.378 e. The molecule has 0 bridgehead atoms. The summed E-state index contributed by atoms with van der Waals surface area (Å²) in [7, 11) is 0. The van der Waals surface area contributed by atoms with Crippen molar-refractivity contribution in [3.8, 4) is 6.07 Å². The maximum Gasteiger partial charge on any atom is 0.229 e. The molecule has 216 valence electrons. The Balaban J connectivity index is 1.48. The molecule has 6 rings (SSSR count). The fourth-order valence-corrected chi connectivity index (χ4v) is 10.7. The second kappa shape index (κ2) is 8.87. The van der Waals surface area contributed by atoms with Crippen molar-refractivity contribution in [3.05, 3.63) is 23.3 Å². The molecule has 0 N–H and O–H groups in total. The van der Waals surface area contributed by atoms with Gasteiger partial charge in [0.05, 0.1) is 24.2 Å². The molecule has 40 heavy (non-hydrogen) atoms. The standard InChI is InChI=1S/C34H46N2O4/c1-21-23-7-8-32(5)26(31(23,4)18-22(20-35)28(21)38)17-25(37)27-24-19-30(2,3)9-11-34(24,12-10-33(27,32)6)29(39)36-13-15-40-16-14-36/h17-18,21,23-24,27H,7-16,19H2,1-6H3/t21-,23-,24?,27+,31-,32+,33+,34-/m0/s1. The molecular weight excluding hydrogens is 500 g/mol. The van der Waals surface area contributed by atoms with Gasteiger partial charge in [0.1, 0.15) is 6.07 Å². The van der Waals surface area contributed by atoms with Gasteiger partial charge >= 0.3 is 0 Å². The molecule has 0 radical (unpaired) electrons. The molecule has 1 saturated heterocycles. The Morgan fingerprint density at radius 2 is 1.68 bits per heavy atom. The molecule has 0 aromatic heterocycles. The summed E-state index contributed by atoms with van der Waals surface area (Å²) < 4.78 is 5.58. The van der Waals surface area contributed by atoms with E-state index in [2.05, 4.69) is 40.7 Å². The molecule has 0 aromatic rings. The van der Waals surface area contributed by atoms with Gasteiger partial charge in [-0.1, -0.05) is 53.2 Å². The molecule has 0 spiro atoms. The third kappa shape index (κ3) is 3.52. The first kappa shape index (κ1) is 27.9. The first-order chi connectivity index (χ1) is 18.7. The molecule has 6 nitrogen and oxygen atoms in total. The van der Waals surface area contributed by atoms with Crippen LogP contribution >= 0.6 is 0 Å². The fraction of sp³-hybridized carbons (Fsp3) is 0.765. The summed E-state index contributed by atoms with van der Waals surface area (Å²) in [6, 6.07) is 2.17. The van der Waals surface area contributed by atoms with Crippen LogP contribution in [-0.4, -0.2) is 48.7 Å². The second-order valence-corrected chi connectivity index (χ2v) is 15.5. The zero-order valence-corrected chi connectivity index (χ0v) is 25.3. The smallest absolute Gasteiger partial charge is 0.229 e. The van der Waals surface area contributed by atoms with Crippen molar-refractivity contribution in [3.63, 3.8) is 0 Å². The van der Waals surface area contributed by atoms with Gasteiger partial charge in [-0.2, -0.15) is 5.26 Å². The van der Waals surface area contributed by atoms with E-state index in [0.717, 1.165) is 50.5 Å². The van der Waals surface area contributed by atoms with Gasteiger partial charge in [0.15, 0.2) is 11.6 Å². The lowest BCUT2D eigenvalue weighted by molar-refractivity contribution is -0.185. The van der Waals surface area contributed by atoms with E-state index in [0.29, 0.717) is 26.3 Å². The van der Waals surface area contributed by atoms with Crippen LogP contribution in [0.2, 0.25) is 0 Å². The van der Waals surface area contributed by atoms with Crippen LogP contribution in [0.5, 0.6) is 0 Å². The quantitative estimate of drug-likeness (QED) is 0.423. The van der Waals surface area contributed by atoms with Crippen LogP contribution in [0.3, 0.4) is 0 Å². The van der Waals surface area contributed by atoms with Gasteiger partial charge in [-0.25, -0.2) is 0 Å². The Bertz CT molecular complexity index is 1270. The Morgan fingerprint density at radius 1 is 1.00 bits per heavy atom. The van der Waals surface area contributed by atoms with Crippen molar-refractivity contribution in [2.75, 3.05) is 26.3 Å². The summed E-state index contributed by atoms with van der Waals surface area (Å²) in [6.07, 6.45) is 10.1. The summed E-state index contributed by atoms with van der Waals surface area (Å²) >= 11 is 0. The fourth-order valence-electron chi connectivity index (χ4n) is 10.7. The third-order valence-corrected chi connectivity index (χ3v) is 13.2. The lowest BCUT2D eigenvalue weighted by Crippen LogP contribution is -2.66. The molecule has 1 amide bonds. The monoisotopic (exact) mass is 546 g/mol. The van der Waals surface area contributed by atoms with Gasteiger partial charge in [-0.3, -0.25) is 14.4 Å². The summed E-state index contributed by atoms with van der Waals surface area (Å²) in [5.74, 6) is 0.00665. The van der Waals surface area contributed by atoms with Gasteiger partial charge in [0.25, 0.3) is 0 Å². The summed E-state index contributed by atoms with van der Waals surface area (Å²) in [5.41, 5.74) is -0.0906. The predicted octanol–water partition coefficient (Wildman–Crippen LogP) is 5.67. The highest BCUT2D eigenvalue weighted by Gasteiger charge is 2.70. The number of carbonyl (C=O) groups excluding carboxylic acids is 3. The maximum absolute atomic E-state index is 14.6. The average molecular weight is 547 g/mol. The molecule has 4 fully saturated rings. The highest BCUT2D eigenvalue weighted by atomic mass is 16.5. The van der Waals surface area contributed by atoms with Crippen LogP contribution in [-0.2, 0) is 19.1 Å². The minimum absolute atomic E-state index is 0.00932. The SMILES string of the molecule is C[C@@H]1C(=O)C(C#N)=C[C@]2(C)C3=CC(=O)[C@H]4C5CC(C)(C)CC[C@]5(C(=O)N5CCOCC5)CC[C@@]4(C)[C@]3(C)CC[C@@H]12. The van der Waals surface area contributed by atoms with Crippen molar-refractivity contribution in [1.82, 2.24) is 4.90 Å². The number of hydrogen-bond donors (Lipinski definition) is 0. The van der Waals surface area contributed by atoms with Crippen LogP contribution in [0.1, 0.15) is 86.5 Å². The van der Waals surface area contributed by atoms with E-state index in [1.165, 1.54) is 0 Å². The number of Topliss-reactive ketones (excluding diaryl/α,β-unsaturated/α-hetero) is 1. The Labute approximate surface area is 239 Å². The number of nitriles is 1. The number of fused-ring (bicyclic) bond motifs is 7. The summed E-state index contributed by atoms with van der Waals surface area (Å²) in [5, 5.41) is 9.83.